The number of rotatable bonds is 3. The van der Waals surface area contributed by atoms with E-state index in [0.29, 0.717) is 5.56 Å². The van der Waals surface area contributed by atoms with Gasteiger partial charge in [-0.1, -0.05) is 13.8 Å². The number of nitrogens with one attached hydrogen (secondary N) is 2. The summed E-state index contributed by atoms with van der Waals surface area (Å²) in [5.74, 6) is -3.00. The average molecular weight is 388 g/mol. The number of fused-ring (bicyclic) bond motifs is 1. The van der Waals surface area contributed by atoms with Crippen LogP contribution in [0.5, 0.6) is 0 Å². The fraction of sp³-hybridized carbons (Fsp3) is 0.350. The maximum Gasteiger partial charge on any atom is 0.257 e. The topological polar surface area (TPSA) is 78.1 Å². The van der Waals surface area contributed by atoms with Crippen molar-refractivity contribution in [2.24, 2.45) is 0 Å². The van der Waals surface area contributed by atoms with Crippen LogP contribution in [0.4, 0.5) is 8.78 Å². The standard InChI is InChI=1S/C20H22F2N4O2/c1-11(2)24-18(27)14-9-26(10-20(3,4)17-13(14)8-23-25-17)19(28)12-5-6-15(21)16(22)7-12/h5-9,11H,10H2,1-4H3,(H,23,25)(H,24,27). The molecule has 0 saturated heterocycles. The lowest BCUT2D eigenvalue weighted by Crippen LogP contribution is -2.37. The highest BCUT2D eigenvalue weighted by atomic mass is 19.2. The molecule has 2 heterocycles. The number of benzene rings is 1. The Hall–Kier alpha value is -3.03. The fourth-order valence-electron chi connectivity index (χ4n) is 3.23. The Morgan fingerprint density at radius 2 is 1.96 bits per heavy atom. The first-order valence-corrected chi connectivity index (χ1v) is 8.93. The third kappa shape index (κ3) is 3.67. The number of nitrogens with zero attached hydrogens (tertiary/aromatic N) is 2. The van der Waals surface area contributed by atoms with Crippen LogP contribution in [0, 0.1) is 11.6 Å². The van der Waals surface area contributed by atoms with Crippen molar-refractivity contribution in [3.63, 3.8) is 0 Å². The van der Waals surface area contributed by atoms with Crippen molar-refractivity contribution in [2.45, 2.75) is 39.2 Å². The SMILES string of the molecule is CC(C)NC(=O)C1=CN(C(=O)c2ccc(F)c(F)c2)CC(C)(C)c2[nH]ncc21. The number of halogens is 2. The molecule has 1 aliphatic rings. The summed E-state index contributed by atoms with van der Waals surface area (Å²) in [5.41, 5.74) is 1.04. The summed E-state index contributed by atoms with van der Waals surface area (Å²) in [5, 5.41) is 9.80. The summed E-state index contributed by atoms with van der Waals surface area (Å²) in [4.78, 5) is 27.1. The number of hydrogen-bond acceptors (Lipinski definition) is 3. The molecule has 8 heteroatoms. The summed E-state index contributed by atoms with van der Waals surface area (Å²) in [7, 11) is 0. The van der Waals surface area contributed by atoms with E-state index in [1.165, 1.54) is 17.2 Å². The molecule has 0 unspecified atom stereocenters. The van der Waals surface area contributed by atoms with Crippen LogP contribution in [0.2, 0.25) is 0 Å². The number of H-pyrrole nitrogens is 1. The molecule has 0 radical (unpaired) electrons. The Kier molecular flexibility index (Phi) is 5.06. The molecule has 0 atom stereocenters. The first kappa shape index (κ1) is 19.7. The molecule has 28 heavy (non-hydrogen) atoms. The van der Waals surface area contributed by atoms with Crippen molar-refractivity contribution >= 4 is 17.4 Å². The zero-order valence-corrected chi connectivity index (χ0v) is 16.1. The van der Waals surface area contributed by atoms with E-state index in [1.54, 1.807) is 6.20 Å². The summed E-state index contributed by atoms with van der Waals surface area (Å²) in [6.45, 7) is 7.71. The van der Waals surface area contributed by atoms with Gasteiger partial charge in [0.2, 0.25) is 0 Å². The predicted octanol–water partition coefficient (Wildman–Crippen LogP) is 2.99. The Morgan fingerprint density at radius 1 is 1.25 bits per heavy atom. The number of carbonyl (C=O) groups excluding carboxylic acids is 2. The lowest BCUT2D eigenvalue weighted by molar-refractivity contribution is -0.116. The summed E-state index contributed by atoms with van der Waals surface area (Å²) in [6, 6.07) is 2.89. The predicted molar refractivity (Wildman–Crippen MR) is 100 cm³/mol. The maximum absolute atomic E-state index is 13.6. The smallest absolute Gasteiger partial charge is 0.257 e. The van der Waals surface area contributed by atoms with Crippen molar-refractivity contribution < 1.29 is 18.4 Å². The fourth-order valence-corrected chi connectivity index (χ4v) is 3.23. The molecule has 3 rings (SSSR count). The van der Waals surface area contributed by atoms with Gasteiger partial charge in [0, 0.05) is 35.3 Å². The third-order valence-electron chi connectivity index (χ3n) is 4.55. The minimum absolute atomic E-state index is 0.00162. The molecule has 2 amide bonds. The van der Waals surface area contributed by atoms with Gasteiger partial charge in [-0.15, -0.1) is 0 Å². The van der Waals surface area contributed by atoms with E-state index >= 15 is 0 Å². The summed E-state index contributed by atoms with van der Waals surface area (Å²) >= 11 is 0. The molecule has 148 valence electrons. The van der Waals surface area contributed by atoms with Gasteiger partial charge >= 0.3 is 0 Å². The molecule has 0 aliphatic carbocycles. The molecule has 0 fully saturated rings. The van der Waals surface area contributed by atoms with Crippen molar-refractivity contribution in [1.29, 1.82) is 0 Å². The second kappa shape index (κ2) is 7.18. The first-order chi connectivity index (χ1) is 13.1. The highest BCUT2D eigenvalue weighted by Gasteiger charge is 2.36. The van der Waals surface area contributed by atoms with Crippen LogP contribution in [0.1, 0.15) is 49.3 Å². The number of aromatic nitrogens is 2. The molecule has 1 aromatic carbocycles. The number of aromatic amines is 1. The molecule has 1 aromatic heterocycles. The van der Waals surface area contributed by atoms with Crippen molar-refractivity contribution in [3.05, 3.63) is 59.1 Å². The normalized spacial score (nSPS) is 15.7. The van der Waals surface area contributed by atoms with Crippen LogP contribution in [-0.4, -0.2) is 39.5 Å². The van der Waals surface area contributed by atoms with E-state index < -0.39 is 23.0 Å². The van der Waals surface area contributed by atoms with Gasteiger partial charge in [0.15, 0.2) is 11.6 Å². The van der Waals surface area contributed by atoms with E-state index in [4.69, 9.17) is 0 Å². The van der Waals surface area contributed by atoms with Crippen LogP contribution in [0.3, 0.4) is 0 Å². The van der Waals surface area contributed by atoms with Crippen LogP contribution >= 0.6 is 0 Å². The molecule has 0 spiro atoms. The second-order valence-corrected chi connectivity index (χ2v) is 7.78. The van der Waals surface area contributed by atoms with Gasteiger partial charge in [-0.2, -0.15) is 5.10 Å². The number of carbonyl (C=O) groups is 2. The molecule has 6 nitrogen and oxygen atoms in total. The van der Waals surface area contributed by atoms with E-state index in [0.717, 1.165) is 17.8 Å². The van der Waals surface area contributed by atoms with Crippen molar-refractivity contribution in [1.82, 2.24) is 20.4 Å². The molecule has 0 saturated carbocycles. The van der Waals surface area contributed by atoms with Crippen LogP contribution in [-0.2, 0) is 10.2 Å². The first-order valence-electron chi connectivity index (χ1n) is 8.93. The maximum atomic E-state index is 13.6. The van der Waals surface area contributed by atoms with Crippen molar-refractivity contribution in [3.8, 4) is 0 Å². The third-order valence-corrected chi connectivity index (χ3v) is 4.55. The molecule has 2 N–H and O–H groups in total. The summed E-state index contributed by atoms with van der Waals surface area (Å²) < 4.78 is 26.9. The van der Waals surface area contributed by atoms with Crippen LogP contribution < -0.4 is 5.32 Å². The Bertz CT molecular complexity index is 963. The lowest BCUT2D eigenvalue weighted by Gasteiger charge is -2.28. The van der Waals surface area contributed by atoms with Gasteiger partial charge in [0.05, 0.1) is 17.5 Å². The number of amides is 2. The van der Waals surface area contributed by atoms with Gasteiger partial charge in [0.1, 0.15) is 0 Å². The molecule has 2 aromatic rings. The Balaban J connectivity index is 2.07. The van der Waals surface area contributed by atoms with E-state index in [9.17, 15) is 18.4 Å². The monoisotopic (exact) mass is 388 g/mol. The minimum Gasteiger partial charge on any atom is -0.350 e. The van der Waals surface area contributed by atoms with E-state index in [-0.39, 0.29) is 29.6 Å². The summed E-state index contributed by atoms with van der Waals surface area (Å²) in [6.07, 6.45) is 3.00. The highest BCUT2D eigenvalue weighted by Crippen LogP contribution is 2.34. The highest BCUT2D eigenvalue weighted by molar-refractivity contribution is 6.20. The Morgan fingerprint density at radius 3 is 2.61 bits per heavy atom. The van der Waals surface area contributed by atoms with Gasteiger partial charge in [-0.3, -0.25) is 14.7 Å². The quantitative estimate of drug-likeness (QED) is 0.849. The van der Waals surface area contributed by atoms with Gasteiger partial charge < -0.3 is 10.2 Å². The van der Waals surface area contributed by atoms with Gasteiger partial charge in [-0.25, -0.2) is 8.78 Å². The number of hydrogen-bond donors (Lipinski definition) is 2. The van der Waals surface area contributed by atoms with E-state index in [1.807, 2.05) is 27.7 Å². The van der Waals surface area contributed by atoms with E-state index in [2.05, 4.69) is 15.5 Å². The van der Waals surface area contributed by atoms with Gasteiger partial charge in [-0.05, 0) is 32.0 Å². The second-order valence-electron chi connectivity index (χ2n) is 7.78. The molecule has 0 bridgehead atoms. The van der Waals surface area contributed by atoms with Gasteiger partial charge in [0.25, 0.3) is 11.8 Å². The molecular weight excluding hydrogens is 366 g/mol. The van der Waals surface area contributed by atoms with Crippen LogP contribution in [0.25, 0.3) is 5.57 Å². The van der Waals surface area contributed by atoms with Crippen molar-refractivity contribution in [2.75, 3.05) is 6.54 Å². The minimum atomic E-state index is -1.10. The van der Waals surface area contributed by atoms with Crippen LogP contribution in [0.15, 0.2) is 30.6 Å². The molecule has 1 aliphatic heterocycles. The Labute approximate surface area is 161 Å². The zero-order chi connectivity index (χ0) is 20.6. The molecular formula is C20H22F2N4O2. The zero-order valence-electron chi connectivity index (χ0n) is 16.1. The largest absolute Gasteiger partial charge is 0.350 e. The average Bonchev–Trinajstić information content (AvgIpc) is 3.06. The lowest BCUT2D eigenvalue weighted by atomic mass is 9.86.